The van der Waals surface area contributed by atoms with Crippen molar-refractivity contribution in [3.63, 3.8) is 0 Å². The van der Waals surface area contributed by atoms with Crippen LogP contribution in [0.5, 0.6) is 5.75 Å². The van der Waals surface area contributed by atoms with Crippen LogP contribution in [0.1, 0.15) is 57.6 Å². The summed E-state index contributed by atoms with van der Waals surface area (Å²) in [5.41, 5.74) is 0.302. The molecule has 0 unspecified atom stereocenters. The van der Waals surface area contributed by atoms with Crippen LogP contribution in [0.2, 0.25) is 0 Å². The second-order valence-corrected chi connectivity index (χ2v) is 12.6. The maximum atomic E-state index is 12.4. The lowest BCUT2D eigenvalue weighted by molar-refractivity contribution is -0.227. The standard InChI is InChI=1S/C33H46N2O13/c1-33(2,3)32(44)47-19-20-8-9-22(17-21(20)18-23-27(39)28(40)29(41)30(48-23)31(42)43)46-16-15-45-14-12-34-24(36)7-5-4-6-13-35-25(37)10-11-26(35)38/h8-11,17,23,27-30,39-41H,4-7,12-16,18-19H2,1-3H3,(H,34,36)(H,42,43)/t23-,27-,28+,29-,30-/m0/s1. The third-order valence-corrected chi connectivity index (χ3v) is 7.78. The number of carbonyl (C=O) groups excluding carboxylic acids is 4. The molecule has 3 rings (SSSR count). The maximum absolute atomic E-state index is 12.4. The number of aliphatic hydroxyl groups is 3. The molecule has 1 fully saturated rings. The van der Waals surface area contributed by atoms with E-state index in [1.807, 2.05) is 0 Å². The summed E-state index contributed by atoms with van der Waals surface area (Å²) < 4.78 is 22.2. The number of ether oxygens (including phenoxy) is 4. The Balaban J connectivity index is 1.44. The normalized spacial score (nSPS) is 22.5. The maximum Gasteiger partial charge on any atom is 0.335 e. The van der Waals surface area contributed by atoms with Crippen LogP contribution in [0, 0.1) is 5.41 Å². The summed E-state index contributed by atoms with van der Waals surface area (Å²) in [6, 6.07) is 4.94. The quantitative estimate of drug-likeness (QED) is 0.0800. The Morgan fingerprint density at radius 3 is 2.29 bits per heavy atom. The Hall–Kier alpha value is -3.89. The van der Waals surface area contributed by atoms with Crippen LogP contribution in [-0.2, 0) is 51.2 Å². The van der Waals surface area contributed by atoms with Crippen molar-refractivity contribution in [2.45, 2.75) is 90.0 Å². The van der Waals surface area contributed by atoms with Crippen molar-refractivity contribution in [3.8, 4) is 5.75 Å². The van der Waals surface area contributed by atoms with Gasteiger partial charge in [-0.05, 0) is 56.9 Å². The first-order valence-corrected chi connectivity index (χ1v) is 15.9. The second-order valence-electron chi connectivity index (χ2n) is 12.6. The van der Waals surface area contributed by atoms with Crippen LogP contribution < -0.4 is 10.1 Å². The molecule has 1 saturated heterocycles. The molecule has 5 N–H and O–H groups in total. The van der Waals surface area contributed by atoms with Crippen LogP contribution in [0.3, 0.4) is 0 Å². The van der Waals surface area contributed by atoms with Crippen LogP contribution >= 0.6 is 0 Å². The third-order valence-electron chi connectivity index (χ3n) is 7.78. The lowest BCUT2D eigenvalue weighted by Gasteiger charge is -2.39. The molecule has 0 radical (unpaired) electrons. The highest BCUT2D eigenvalue weighted by molar-refractivity contribution is 6.12. The molecule has 0 saturated carbocycles. The van der Waals surface area contributed by atoms with Gasteiger partial charge in [0.05, 0.1) is 24.7 Å². The molecule has 0 spiro atoms. The summed E-state index contributed by atoms with van der Waals surface area (Å²) in [5.74, 6) is -2.28. The van der Waals surface area contributed by atoms with Crippen molar-refractivity contribution in [3.05, 3.63) is 41.5 Å². The Labute approximate surface area is 278 Å². The number of rotatable bonds is 18. The Kier molecular flexibility index (Phi) is 14.5. The predicted octanol–water partition coefficient (Wildman–Crippen LogP) is 0.250. The molecule has 1 aromatic rings. The van der Waals surface area contributed by atoms with Crippen molar-refractivity contribution in [2.75, 3.05) is 32.9 Å². The first-order chi connectivity index (χ1) is 22.7. The Bertz CT molecular complexity index is 1310. The molecule has 0 bridgehead atoms. The van der Waals surface area contributed by atoms with Gasteiger partial charge in [0, 0.05) is 38.1 Å². The van der Waals surface area contributed by atoms with Gasteiger partial charge in [-0.15, -0.1) is 0 Å². The van der Waals surface area contributed by atoms with Gasteiger partial charge in [-0.25, -0.2) is 4.79 Å². The average Bonchev–Trinajstić information content (AvgIpc) is 3.35. The monoisotopic (exact) mass is 678 g/mol. The lowest BCUT2D eigenvalue weighted by atomic mass is 9.90. The van der Waals surface area contributed by atoms with Crippen molar-refractivity contribution >= 4 is 29.7 Å². The van der Waals surface area contributed by atoms with Crippen LogP contribution in [0.15, 0.2) is 30.4 Å². The van der Waals surface area contributed by atoms with Crippen molar-refractivity contribution in [1.82, 2.24) is 10.2 Å². The number of amides is 3. The van der Waals surface area contributed by atoms with Gasteiger partial charge >= 0.3 is 11.9 Å². The number of carbonyl (C=O) groups is 5. The molecule has 15 nitrogen and oxygen atoms in total. The van der Waals surface area contributed by atoms with Gasteiger partial charge in [0.15, 0.2) is 6.10 Å². The summed E-state index contributed by atoms with van der Waals surface area (Å²) in [6.45, 7) is 6.25. The molecule has 48 heavy (non-hydrogen) atoms. The van der Waals surface area contributed by atoms with Crippen molar-refractivity contribution < 1.29 is 63.3 Å². The van der Waals surface area contributed by atoms with Crippen LogP contribution in [-0.4, -0.2) is 118 Å². The summed E-state index contributed by atoms with van der Waals surface area (Å²) in [7, 11) is 0. The number of unbranched alkanes of at least 4 members (excludes halogenated alkanes) is 2. The van der Waals surface area contributed by atoms with E-state index in [-0.39, 0.29) is 50.6 Å². The van der Waals surface area contributed by atoms with Crippen LogP contribution in [0.25, 0.3) is 0 Å². The van der Waals surface area contributed by atoms with Gasteiger partial charge in [-0.1, -0.05) is 12.5 Å². The summed E-state index contributed by atoms with van der Waals surface area (Å²) >= 11 is 0. The largest absolute Gasteiger partial charge is 0.491 e. The molecule has 15 heteroatoms. The van der Waals surface area contributed by atoms with E-state index in [2.05, 4.69) is 5.32 Å². The molecule has 2 heterocycles. The number of aliphatic carboxylic acids is 1. The number of nitrogens with zero attached hydrogens (tertiary/aromatic N) is 1. The van der Waals surface area contributed by atoms with Crippen molar-refractivity contribution in [2.24, 2.45) is 5.41 Å². The molecule has 0 aliphatic carbocycles. The Morgan fingerprint density at radius 1 is 0.917 bits per heavy atom. The van der Waals surface area contributed by atoms with Gasteiger partial charge in [-0.2, -0.15) is 0 Å². The molecule has 2 aliphatic rings. The van der Waals surface area contributed by atoms with E-state index in [0.717, 1.165) is 0 Å². The highest BCUT2D eigenvalue weighted by Gasteiger charge is 2.46. The van der Waals surface area contributed by atoms with Gasteiger partial charge < -0.3 is 44.7 Å². The summed E-state index contributed by atoms with van der Waals surface area (Å²) in [6.07, 6.45) is -3.43. The first kappa shape index (κ1) is 38.6. The van der Waals surface area contributed by atoms with Gasteiger partial charge in [0.2, 0.25) is 5.91 Å². The van der Waals surface area contributed by atoms with Gasteiger partial charge in [0.1, 0.15) is 37.3 Å². The SMILES string of the molecule is CC(C)(C)C(=O)OCc1ccc(OCCOCCNC(=O)CCCCCN2C(=O)C=CC2=O)cc1C[C@@H]1O[C@H](C(=O)O)[C@@H](O)[C@H](O)[C@H]1O. The first-order valence-electron chi connectivity index (χ1n) is 15.9. The minimum atomic E-state index is -1.82. The number of esters is 1. The van der Waals surface area contributed by atoms with Gasteiger partial charge in [-0.3, -0.25) is 24.1 Å². The number of carboxylic acids is 1. The zero-order valence-electron chi connectivity index (χ0n) is 27.5. The highest BCUT2D eigenvalue weighted by Crippen LogP contribution is 2.28. The topological polar surface area (TPSA) is 218 Å². The van der Waals surface area contributed by atoms with Crippen LogP contribution in [0.4, 0.5) is 0 Å². The number of imide groups is 1. The molecule has 1 aromatic carbocycles. The molecule has 2 aliphatic heterocycles. The fourth-order valence-corrected chi connectivity index (χ4v) is 4.98. The number of hydrogen-bond acceptors (Lipinski definition) is 12. The molecule has 266 valence electrons. The second kappa shape index (κ2) is 18.0. The molecule has 0 aromatic heterocycles. The minimum Gasteiger partial charge on any atom is -0.491 e. The third kappa shape index (κ3) is 11.4. The highest BCUT2D eigenvalue weighted by atomic mass is 16.6. The van der Waals surface area contributed by atoms with E-state index in [1.54, 1.807) is 39.0 Å². The molecular weight excluding hydrogens is 632 g/mol. The fourth-order valence-electron chi connectivity index (χ4n) is 4.98. The van der Waals surface area contributed by atoms with E-state index in [9.17, 15) is 44.4 Å². The Morgan fingerprint density at radius 2 is 1.62 bits per heavy atom. The lowest BCUT2D eigenvalue weighted by Crippen LogP contribution is -2.60. The number of benzene rings is 1. The minimum absolute atomic E-state index is 0.0835. The number of aliphatic hydroxyl groups excluding tert-OH is 3. The summed E-state index contributed by atoms with van der Waals surface area (Å²) in [4.78, 5) is 60.2. The van der Waals surface area contributed by atoms with Gasteiger partial charge in [0.25, 0.3) is 11.8 Å². The van der Waals surface area contributed by atoms with E-state index in [4.69, 9.17) is 18.9 Å². The number of nitrogens with one attached hydrogen (secondary N) is 1. The van der Waals surface area contributed by atoms with E-state index < -0.39 is 47.9 Å². The van der Waals surface area contributed by atoms with Crippen molar-refractivity contribution in [1.29, 1.82) is 0 Å². The van der Waals surface area contributed by atoms with E-state index >= 15 is 0 Å². The summed E-state index contributed by atoms with van der Waals surface area (Å²) in [5, 5.41) is 43.0. The zero-order chi connectivity index (χ0) is 35.4. The zero-order valence-corrected chi connectivity index (χ0v) is 27.5. The fraction of sp³-hybridized carbons (Fsp3) is 0.606. The molecule has 3 amide bonds. The average molecular weight is 679 g/mol. The number of hydrogen-bond donors (Lipinski definition) is 5. The van der Waals surface area contributed by atoms with E-state index in [1.165, 1.54) is 17.1 Å². The molecule has 5 atom stereocenters. The smallest absolute Gasteiger partial charge is 0.335 e. The molecular formula is C33H46N2O13. The number of carboxylic acid groups (broad SMARTS) is 1. The predicted molar refractivity (Wildman–Crippen MR) is 167 cm³/mol. The van der Waals surface area contributed by atoms with E-state index in [0.29, 0.717) is 55.6 Å².